The van der Waals surface area contributed by atoms with Gasteiger partial charge in [-0.2, -0.15) is 0 Å². The first-order valence-corrected chi connectivity index (χ1v) is 16.6. The number of rotatable bonds is 9. The molecule has 1 aliphatic carbocycles. The van der Waals surface area contributed by atoms with Gasteiger partial charge in [-0.25, -0.2) is 14.8 Å². The Bertz CT molecular complexity index is 1790. The van der Waals surface area contributed by atoms with Gasteiger partial charge in [0.2, 0.25) is 5.91 Å². The molecular formula is C37H43N7O3. The average molecular weight is 634 g/mol. The van der Waals surface area contributed by atoms with Gasteiger partial charge in [-0.1, -0.05) is 50.8 Å². The molecule has 2 aromatic heterocycles. The number of aromatic amines is 2. The summed E-state index contributed by atoms with van der Waals surface area (Å²) in [6, 6.07) is 13.7. The molecule has 2 unspecified atom stereocenters. The number of nitrogens with one attached hydrogen (secondary N) is 4. The van der Waals surface area contributed by atoms with Crippen LogP contribution in [0.25, 0.3) is 22.5 Å². The molecule has 2 atom stereocenters. The highest BCUT2D eigenvalue weighted by atomic mass is 16.5. The number of hydrogen-bond donors (Lipinski definition) is 4. The highest BCUT2D eigenvalue weighted by molar-refractivity contribution is 5.86. The average Bonchev–Trinajstić information content (AvgIpc) is 3.86. The van der Waals surface area contributed by atoms with Crippen LogP contribution in [0.15, 0.2) is 48.7 Å². The largest absolute Gasteiger partial charge is 0.453 e. The minimum atomic E-state index is -0.659. The predicted octanol–water partition coefficient (Wildman–Crippen LogP) is 5.51. The zero-order valence-electron chi connectivity index (χ0n) is 27.6. The number of fused-ring (bicyclic) bond motifs is 3. The number of H-pyrrole nitrogens is 2. The van der Waals surface area contributed by atoms with Gasteiger partial charge in [-0.05, 0) is 80.0 Å². The molecule has 1 aliphatic heterocycles. The molecule has 4 N–H and O–H groups in total. The number of carbonyl (C=O) groups is 2. The van der Waals surface area contributed by atoms with Crippen LogP contribution in [0.1, 0.15) is 80.1 Å². The van der Waals surface area contributed by atoms with E-state index in [-0.39, 0.29) is 17.9 Å². The van der Waals surface area contributed by atoms with Crippen molar-refractivity contribution in [2.75, 3.05) is 20.2 Å². The molecule has 2 aliphatic rings. The van der Waals surface area contributed by atoms with Crippen LogP contribution in [0, 0.1) is 17.8 Å². The molecule has 0 saturated carbocycles. The van der Waals surface area contributed by atoms with Gasteiger partial charge in [0.1, 0.15) is 17.7 Å². The third-order valence-electron chi connectivity index (χ3n) is 8.94. The van der Waals surface area contributed by atoms with Crippen molar-refractivity contribution in [1.82, 2.24) is 35.5 Å². The van der Waals surface area contributed by atoms with Crippen LogP contribution in [-0.4, -0.2) is 63.1 Å². The molecule has 10 heteroatoms. The standard InChI is InChI=1S/C37H43N7O3/c1-5-18-38-22-32-39-21-30(40-32)26-13-10-24(11-14-26)8-9-25-12-16-28-27(20-25)15-17-29-34(28)42-35(41-29)31-7-6-19-44(31)36(45)33(23(2)3)43-37(46)47-4/h10-14,16,20-21,23,31,33,38H,5-7,15,17-19,22H2,1-4H3,(H,39,40)(H,41,42)(H,43,46). The van der Waals surface area contributed by atoms with Gasteiger partial charge < -0.3 is 30.2 Å². The molecule has 3 heterocycles. The fourth-order valence-electron chi connectivity index (χ4n) is 6.41. The third-order valence-corrected chi connectivity index (χ3v) is 8.94. The zero-order chi connectivity index (χ0) is 32.9. The van der Waals surface area contributed by atoms with Crippen molar-refractivity contribution < 1.29 is 14.3 Å². The first kappa shape index (κ1) is 32.1. The van der Waals surface area contributed by atoms with Crippen LogP contribution < -0.4 is 10.6 Å². The van der Waals surface area contributed by atoms with Crippen LogP contribution >= 0.6 is 0 Å². The number of methoxy groups -OCH3 is 1. The number of likely N-dealkylation sites (tertiary alicyclic amines) is 1. The van der Waals surface area contributed by atoms with Crippen molar-refractivity contribution in [3.63, 3.8) is 0 Å². The number of amides is 2. The zero-order valence-corrected chi connectivity index (χ0v) is 27.6. The maximum Gasteiger partial charge on any atom is 0.407 e. The Kier molecular flexibility index (Phi) is 9.73. The fraction of sp³-hybridized carbons (Fsp3) is 0.405. The lowest BCUT2D eigenvalue weighted by Crippen LogP contribution is -2.51. The van der Waals surface area contributed by atoms with Crippen molar-refractivity contribution in [2.45, 2.75) is 71.5 Å². The number of hydrogen-bond acceptors (Lipinski definition) is 6. The molecule has 1 saturated heterocycles. The van der Waals surface area contributed by atoms with Gasteiger partial charge in [0, 0.05) is 28.9 Å². The maximum absolute atomic E-state index is 13.6. The molecule has 10 nitrogen and oxygen atoms in total. The van der Waals surface area contributed by atoms with Gasteiger partial charge in [0.25, 0.3) is 0 Å². The number of aryl methyl sites for hydroxylation is 2. The first-order chi connectivity index (χ1) is 22.8. The lowest BCUT2D eigenvalue weighted by molar-refractivity contribution is -0.135. The van der Waals surface area contributed by atoms with E-state index in [4.69, 9.17) is 9.72 Å². The fourth-order valence-corrected chi connectivity index (χ4v) is 6.41. The van der Waals surface area contributed by atoms with Crippen molar-refractivity contribution >= 4 is 12.0 Å². The Morgan fingerprint density at radius 1 is 1.09 bits per heavy atom. The highest BCUT2D eigenvalue weighted by Crippen LogP contribution is 2.37. The summed E-state index contributed by atoms with van der Waals surface area (Å²) < 4.78 is 4.77. The molecule has 1 fully saturated rings. The molecule has 0 bridgehead atoms. The van der Waals surface area contributed by atoms with Crippen molar-refractivity contribution in [1.29, 1.82) is 0 Å². The van der Waals surface area contributed by atoms with E-state index in [1.165, 1.54) is 12.7 Å². The van der Waals surface area contributed by atoms with E-state index in [0.29, 0.717) is 6.54 Å². The summed E-state index contributed by atoms with van der Waals surface area (Å²) in [4.78, 5) is 43.9. The van der Waals surface area contributed by atoms with E-state index in [9.17, 15) is 9.59 Å². The minimum Gasteiger partial charge on any atom is -0.453 e. The van der Waals surface area contributed by atoms with Gasteiger partial charge in [0.15, 0.2) is 0 Å². The molecular weight excluding hydrogens is 590 g/mol. The Morgan fingerprint density at radius 2 is 1.87 bits per heavy atom. The number of carbonyl (C=O) groups excluding carboxylic acids is 2. The van der Waals surface area contributed by atoms with Gasteiger partial charge in [0.05, 0.1) is 37.3 Å². The van der Waals surface area contributed by atoms with Crippen LogP contribution in [0.4, 0.5) is 4.79 Å². The number of benzene rings is 2. The molecule has 0 spiro atoms. The summed E-state index contributed by atoms with van der Waals surface area (Å²) in [7, 11) is 1.31. The Balaban J connectivity index is 1.15. The van der Waals surface area contributed by atoms with Crippen molar-refractivity contribution in [2.24, 2.45) is 5.92 Å². The Labute approximate surface area is 276 Å². The second-order valence-corrected chi connectivity index (χ2v) is 12.6. The minimum absolute atomic E-state index is 0.0791. The summed E-state index contributed by atoms with van der Waals surface area (Å²) in [6.07, 6.45) is 5.81. The number of ether oxygens (including phenoxy) is 1. The molecule has 2 amide bonds. The lowest BCUT2D eigenvalue weighted by Gasteiger charge is -2.30. The number of imidazole rings is 2. The van der Waals surface area contributed by atoms with E-state index < -0.39 is 12.1 Å². The van der Waals surface area contributed by atoms with Gasteiger partial charge >= 0.3 is 6.09 Å². The Morgan fingerprint density at radius 3 is 2.64 bits per heavy atom. The molecule has 4 aromatic rings. The van der Waals surface area contributed by atoms with E-state index in [0.717, 1.165) is 96.2 Å². The summed E-state index contributed by atoms with van der Waals surface area (Å²) in [5.74, 6) is 8.21. The van der Waals surface area contributed by atoms with Crippen LogP contribution in [0.2, 0.25) is 0 Å². The monoisotopic (exact) mass is 633 g/mol. The lowest BCUT2D eigenvalue weighted by atomic mass is 9.91. The molecule has 244 valence electrons. The molecule has 47 heavy (non-hydrogen) atoms. The Hall–Kier alpha value is -4.88. The third kappa shape index (κ3) is 7.10. The summed E-state index contributed by atoms with van der Waals surface area (Å²) in [6.45, 7) is 8.33. The van der Waals surface area contributed by atoms with Gasteiger partial charge in [-0.15, -0.1) is 0 Å². The summed E-state index contributed by atoms with van der Waals surface area (Å²) in [5.41, 5.74) is 8.37. The predicted molar refractivity (Wildman–Crippen MR) is 181 cm³/mol. The van der Waals surface area contributed by atoms with Crippen LogP contribution in [-0.2, 0) is 28.9 Å². The number of aromatic nitrogens is 4. The first-order valence-electron chi connectivity index (χ1n) is 16.6. The van der Waals surface area contributed by atoms with E-state index in [1.54, 1.807) is 0 Å². The van der Waals surface area contributed by atoms with Gasteiger partial charge in [-0.3, -0.25) is 4.79 Å². The second kappa shape index (κ2) is 14.3. The maximum atomic E-state index is 13.6. The van der Waals surface area contributed by atoms with Crippen molar-refractivity contribution in [3.8, 4) is 34.4 Å². The van der Waals surface area contributed by atoms with E-state index >= 15 is 0 Å². The van der Waals surface area contributed by atoms with Crippen LogP contribution in [0.5, 0.6) is 0 Å². The molecule has 0 radical (unpaired) electrons. The second-order valence-electron chi connectivity index (χ2n) is 12.6. The summed E-state index contributed by atoms with van der Waals surface area (Å²) in [5, 5.41) is 6.09. The number of nitrogens with zero attached hydrogens (tertiary/aromatic N) is 3. The summed E-state index contributed by atoms with van der Waals surface area (Å²) >= 11 is 0. The normalized spacial score (nSPS) is 15.9. The molecule has 6 rings (SSSR count). The highest BCUT2D eigenvalue weighted by Gasteiger charge is 2.38. The topological polar surface area (TPSA) is 128 Å². The van der Waals surface area contributed by atoms with Crippen LogP contribution in [0.3, 0.4) is 0 Å². The SMILES string of the molecule is CCCNCc1ncc(-c2ccc(C#Cc3ccc4c(c3)CCc3[nH]c(C5CCCN5C(=O)C(NC(=O)OC)C(C)C)nc3-4)cc2)[nH]1. The number of alkyl carbamates (subject to hydrolysis) is 1. The smallest absolute Gasteiger partial charge is 0.407 e. The van der Waals surface area contributed by atoms with E-state index in [2.05, 4.69) is 74.7 Å². The van der Waals surface area contributed by atoms with E-state index in [1.807, 2.05) is 37.1 Å². The quantitative estimate of drug-likeness (QED) is 0.142. The molecule has 2 aromatic carbocycles. The van der Waals surface area contributed by atoms with Crippen molar-refractivity contribution in [3.05, 3.63) is 82.7 Å².